The van der Waals surface area contributed by atoms with Gasteiger partial charge in [-0.15, -0.1) is 0 Å². The number of carbonyl (C=O) groups is 1. The van der Waals surface area contributed by atoms with Crippen LogP contribution in [0.1, 0.15) is 35.2 Å². The van der Waals surface area contributed by atoms with Crippen LogP contribution in [-0.4, -0.2) is 25.1 Å². The molecule has 1 aliphatic heterocycles. The van der Waals surface area contributed by atoms with Crippen molar-refractivity contribution in [3.8, 4) is 0 Å². The number of hydrogen-bond donors (Lipinski definition) is 3. The standard InChI is InChI=1S/C22H22ClF3N4O/c23-19-6-4-15(10-18(19)22(24,25)26)29-13-14(12-27)21(31)17-11-16(5-7-20(17)28)30-8-2-1-3-9-30/h4-7,10-13,27,29H,1-3,8-9,28H2/b14-13+,27-12?. The van der Waals surface area contributed by atoms with Crippen molar-refractivity contribution in [3.63, 3.8) is 0 Å². The zero-order chi connectivity index (χ0) is 22.6. The number of nitrogen functional groups attached to an aromatic ring is 1. The maximum Gasteiger partial charge on any atom is 0.417 e. The van der Waals surface area contributed by atoms with Crippen LogP contribution in [0.5, 0.6) is 0 Å². The zero-order valence-corrected chi connectivity index (χ0v) is 17.4. The van der Waals surface area contributed by atoms with Crippen LogP contribution in [-0.2, 0) is 6.18 Å². The lowest BCUT2D eigenvalue weighted by molar-refractivity contribution is -0.137. The third-order valence-corrected chi connectivity index (χ3v) is 5.42. The van der Waals surface area contributed by atoms with E-state index in [0.29, 0.717) is 0 Å². The number of halogens is 4. The van der Waals surface area contributed by atoms with Gasteiger partial charge in [0.25, 0.3) is 0 Å². The summed E-state index contributed by atoms with van der Waals surface area (Å²) in [5.41, 5.74) is 6.43. The molecule has 31 heavy (non-hydrogen) atoms. The Morgan fingerprint density at radius 1 is 1.13 bits per heavy atom. The summed E-state index contributed by atoms with van der Waals surface area (Å²) in [6.45, 7) is 1.79. The Morgan fingerprint density at radius 2 is 1.84 bits per heavy atom. The van der Waals surface area contributed by atoms with Gasteiger partial charge < -0.3 is 21.4 Å². The minimum atomic E-state index is -4.61. The van der Waals surface area contributed by atoms with Crippen LogP contribution in [0.25, 0.3) is 0 Å². The molecule has 0 radical (unpaired) electrons. The third-order valence-electron chi connectivity index (χ3n) is 5.09. The second-order valence-corrected chi connectivity index (χ2v) is 7.64. The van der Waals surface area contributed by atoms with E-state index in [2.05, 4.69) is 10.2 Å². The van der Waals surface area contributed by atoms with Crippen LogP contribution >= 0.6 is 11.6 Å². The van der Waals surface area contributed by atoms with E-state index >= 15 is 0 Å². The van der Waals surface area contributed by atoms with Crippen molar-refractivity contribution in [1.82, 2.24) is 0 Å². The fourth-order valence-electron chi connectivity index (χ4n) is 3.41. The van der Waals surface area contributed by atoms with Crippen LogP contribution in [0.15, 0.2) is 48.2 Å². The van der Waals surface area contributed by atoms with Gasteiger partial charge in [-0.05, 0) is 55.7 Å². The summed E-state index contributed by atoms with van der Waals surface area (Å²) in [4.78, 5) is 15.2. The lowest BCUT2D eigenvalue weighted by atomic mass is 10.0. The van der Waals surface area contributed by atoms with Crippen molar-refractivity contribution in [2.75, 3.05) is 29.0 Å². The monoisotopic (exact) mass is 450 g/mol. The summed E-state index contributed by atoms with van der Waals surface area (Å²) < 4.78 is 39.1. The van der Waals surface area contributed by atoms with Crippen molar-refractivity contribution in [1.29, 1.82) is 5.41 Å². The summed E-state index contributed by atoms with van der Waals surface area (Å²) in [7, 11) is 0. The summed E-state index contributed by atoms with van der Waals surface area (Å²) in [5.74, 6) is -0.496. The van der Waals surface area contributed by atoms with Gasteiger partial charge in [0.2, 0.25) is 0 Å². The molecule has 0 amide bonds. The number of nitrogens with two attached hydrogens (primary N) is 1. The molecule has 164 valence electrons. The Balaban J connectivity index is 1.85. The van der Waals surface area contributed by atoms with Crippen LogP contribution < -0.4 is 16.0 Å². The summed E-state index contributed by atoms with van der Waals surface area (Å²) >= 11 is 5.63. The lowest BCUT2D eigenvalue weighted by Crippen LogP contribution is -2.29. The fourth-order valence-corrected chi connectivity index (χ4v) is 3.64. The van der Waals surface area contributed by atoms with Gasteiger partial charge in [-0.3, -0.25) is 4.79 Å². The van der Waals surface area contributed by atoms with Crippen molar-refractivity contribution in [2.45, 2.75) is 25.4 Å². The molecule has 3 rings (SSSR count). The highest BCUT2D eigenvalue weighted by Gasteiger charge is 2.33. The average Bonchev–Trinajstić information content (AvgIpc) is 2.75. The van der Waals surface area contributed by atoms with Gasteiger partial charge in [0.1, 0.15) is 0 Å². The Bertz CT molecular complexity index is 1010. The maximum absolute atomic E-state index is 13.0. The van der Waals surface area contributed by atoms with E-state index in [1.807, 2.05) is 6.07 Å². The molecule has 9 heteroatoms. The number of anilines is 3. The Morgan fingerprint density at radius 3 is 2.48 bits per heavy atom. The van der Waals surface area contributed by atoms with Crippen molar-refractivity contribution in [2.24, 2.45) is 0 Å². The number of allylic oxidation sites excluding steroid dienone is 1. The van der Waals surface area contributed by atoms with E-state index in [1.165, 1.54) is 18.7 Å². The summed E-state index contributed by atoms with van der Waals surface area (Å²) in [5, 5.41) is 9.81. The molecule has 1 heterocycles. The number of Topliss-reactive ketones (excluding diaryl/α,β-unsaturated/α-hetero) is 1. The number of hydrogen-bond acceptors (Lipinski definition) is 5. The Hall–Kier alpha value is -3.00. The van der Waals surface area contributed by atoms with Gasteiger partial charge >= 0.3 is 6.18 Å². The molecule has 1 aliphatic rings. The van der Waals surface area contributed by atoms with Gasteiger partial charge in [0.05, 0.1) is 16.2 Å². The predicted octanol–water partition coefficient (Wildman–Crippen LogP) is 5.76. The number of benzene rings is 2. The van der Waals surface area contributed by atoms with E-state index in [0.717, 1.165) is 50.0 Å². The molecule has 2 aromatic rings. The Labute approximate surface area is 183 Å². The molecule has 0 unspecified atom stereocenters. The van der Waals surface area contributed by atoms with E-state index < -0.39 is 22.5 Å². The molecule has 0 saturated carbocycles. The van der Waals surface area contributed by atoms with Crippen LogP contribution in [0.2, 0.25) is 5.02 Å². The predicted molar refractivity (Wildman–Crippen MR) is 118 cm³/mol. The van der Waals surface area contributed by atoms with Gasteiger partial charge in [-0.25, -0.2) is 0 Å². The third kappa shape index (κ3) is 5.38. The first-order chi connectivity index (χ1) is 14.7. The molecule has 4 N–H and O–H groups in total. The summed E-state index contributed by atoms with van der Waals surface area (Å²) in [6, 6.07) is 8.52. The number of rotatable bonds is 6. The summed E-state index contributed by atoms with van der Waals surface area (Å²) in [6.07, 6.45) is 0.732. The highest BCUT2D eigenvalue weighted by Crippen LogP contribution is 2.36. The highest BCUT2D eigenvalue weighted by atomic mass is 35.5. The smallest absolute Gasteiger partial charge is 0.398 e. The van der Waals surface area contributed by atoms with E-state index in [-0.39, 0.29) is 22.5 Å². The number of nitrogens with one attached hydrogen (secondary N) is 2. The number of carbonyl (C=O) groups excluding carboxylic acids is 1. The maximum atomic E-state index is 13.0. The highest BCUT2D eigenvalue weighted by molar-refractivity contribution is 6.31. The molecule has 1 fully saturated rings. The molecule has 0 atom stereocenters. The molecular weight excluding hydrogens is 429 g/mol. The molecule has 0 aliphatic carbocycles. The molecular formula is C22H22ClF3N4O. The number of alkyl halides is 3. The molecule has 5 nitrogen and oxygen atoms in total. The zero-order valence-electron chi connectivity index (χ0n) is 16.6. The first-order valence-electron chi connectivity index (χ1n) is 9.74. The second-order valence-electron chi connectivity index (χ2n) is 7.23. The van der Waals surface area contributed by atoms with Crippen LogP contribution in [0.4, 0.5) is 30.2 Å². The molecule has 0 bridgehead atoms. The normalized spacial score (nSPS) is 15.0. The lowest BCUT2D eigenvalue weighted by Gasteiger charge is -2.29. The number of ketones is 1. The van der Waals surface area contributed by atoms with Gasteiger partial charge in [-0.2, -0.15) is 13.2 Å². The van der Waals surface area contributed by atoms with Crippen LogP contribution in [0, 0.1) is 5.41 Å². The molecule has 0 spiro atoms. The van der Waals surface area contributed by atoms with Crippen molar-refractivity contribution in [3.05, 3.63) is 64.3 Å². The minimum absolute atomic E-state index is 0.0500. The number of nitrogens with zero attached hydrogens (tertiary/aromatic N) is 1. The molecule has 1 saturated heterocycles. The second kappa shape index (κ2) is 9.43. The van der Waals surface area contributed by atoms with E-state index in [9.17, 15) is 18.0 Å². The van der Waals surface area contributed by atoms with Gasteiger partial charge in [0, 0.05) is 48.1 Å². The SMILES string of the molecule is N=C/C(=C\Nc1ccc(Cl)c(C(F)(F)F)c1)C(=O)c1cc(N2CCCCC2)ccc1N. The first-order valence-corrected chi connectivity index (χ1v) is 10.1. The van der Waals surface area contributed by atoms with Crippen LogP contribution in [0.3, 0.4) is 0 Å². The van der Waals surface area contributed by atoms with Crippen molar-refractivity contribution < 1.29 is 18.0 Å². The topological polar surface area (TPSA) is 82.2 Å². The van der Waals surface area contributed by atoms with Gasteiger partial charge in [0.15, 0.2) is 5.78 Å². The largest absolute Gasteiger partial charge is 0.417 e. The van der Waals surface area contributed by atoms with E-state index in [4.69, 9.17) is 22.7 Å². The first kappa shape index (κ1) is 22.7. The fraction of sp³-hybridized carbons (Fsp3) is 0.273. The van der Waals surface area contributed by atoms with E-state index in [1.54, 1.807) is 12.1 Å². The quantitative estimate of drug-likeness (QED) is 0.226. The Kier molecular flexibility index (Phi) is 6.90. The van der Waals surface area contributed by atoms with Gasteiger partial charge in [-0.1, -0.05) is 11.6 Å². The number of piperidine rings is 1. The van der Waals surface area contributed by atoms with Crippen molar-refractivity contribution >= 4 is 40.7 Å². The molecule has 2 aromatic carbocycles. The minimum Gasteiger partial charge on any atom is -0.398 e. The molecule has 0 aromatic heterocycles. The average molecular weight is 451 g/mol.